The fourth-order valence-electron chi connectivity index (χ4n) is 4.15. The van der Waals surface area contributed by atoms with Crippen LogP contribution in [0.25, 0.3) is 0 Å². The highest BCUT2D eigenvalue weighted by molar-refractivity contribution is 6.03. The molecule has 0 aliphatic carbocycles. The number of nitrogens with one attached hydrogen (secondary N) is 1. The Morgan fingerprint density at radius 1 is 1.18 bits per heavy atom. The van der Waals surface area contributed by atoms with Crippen molar-refractivity contribution in [2.45, 2.75) is 25.8 Å². The van der Waals surface area contributed by atoms with Crippen LogP contribution in [0, 0.1) is 6.92 Å². The van der Waals surface area contributed by atoms with E-state index in [4.69, 9.17) is 4.74 Å². The van der Waals surface area contributed by atoms with Crippen molar-refractivity contribution in [1.82, 2.24) is 14.7 Å². The number of likely N-dealkylation sites (tertiary alicyclic amines) is 1. The number of anilines is 1. The summed E-state index contributed by atoms with van der Waals surface area (Å²) in [7, 11) is 3.85. The van der Waals surface area contributed by atoms with Gasteiger partial charge in [-0.25, -0.2) is 0 Å². The highest BCUT2D eigenvalue weighted by atomic mass is 16.5. The van der Waals surface area contributed by atoms with E-state index in [9.17, 15) is 4.79 Å². The molecular formula is C22H34N4O2. The summed E-state index contributed by atoms with van der Waals surface area (Å²) < 4.78 is 5.27. The third-order valence-electron chi connectivity index (χ3n) is 6.00. The molecule has 0 aromatic heterocycles. The van der Waals surface area contributed by atoms with Gasteiger partial charge in [0.25, 0.3) is 5.91 Å². The second kappa shape index (κ2) is 9.54. The van der Waals surface area contributed by atoms with E-state index in [1.165, 1.54) is 39.0 Å². The van der Waals surface area contributed by atoms with Gasteiger partial charge >= 0.3 is 0 Å². The highest BCUT2D eigenvalue weighted by Crippen LogP contribution is 2.22. The number of ether oxygens (including phenoxy) is 1. The predicted molar refractivity (Wildman–Crippen MR) is 114 cm³/mol. The molecule has 0 saturated carbocycles. The topological polar surface area (TPSA) is 48.0 Å². The number of benzene rings is 1. The summed E-state index contributed by atoms with van der Waals surface area (Å²) in [6, 6.07) is 6.34. The Morgan fingerprint density at radius 2 is 1.86 bits per heavy atom. The lowest BCUT2D eigenvalue weighted by Gasteiger charge is -2.42. The molecule has 1 amide bonds. The van der Waals surface area contributed by atoms with Crippen LogP contribution in [0.1, 0.15) is 18.4 Å². The average molecular weight is 387 g/mol. The number of nitrogens with zero attached hydrogens (tertiary/aromatic N) is 3. The van der Waals surface area contributed by atoms with E-state index in [-0.39, 0.29) is 5.91 Å². The molecule has 2 saturated heterocycles. The van der Waals surface area contributed by atoms with E-state index in [0.29, 0.717) is 18.2 Å². The molecule has 2 fully saturated rings. The standard InChI is InChI=1S/C22H34N4O2/c1-17-15-19(5-6-21(17)28-4)23-22(27)18(2)16-25-9-7-20(8-10-25)26-13-11-24(3)12-14-26/h5-6,15,20H,2,7-14,16H2,1,3-4H3,(H,23,27). The van der Waals surface area contributed by atoms with Crippen molar-refractivity contribution >= 4 is 11.6 Å². The number of carbonyl (C=O) groups is 1. The van der Waals surface area contributed by atoms with Gasteiger partial charge in [0.1, 0.15) is 5.75 Å². The molecule has 2 aliphatic heterocycles. The lowest BCUT2D eigenvalue weighted by molar-refractivity contribution is -0.113. The number of piperazine rings is 1. The molecule has 154 valence electrons. The second-order valence-electron chi connectivity index (χ2n) is 8.09. The maximum absolute atomic E-state index is 12.5. The molecule has 1 N–H and O–H groups in total. The number of hydrogen-bond donors (Lipinski definition) is 1. The Kier molecular flexibility index (Phi) is 7.10. The summed E-state index contributed by atoms with van der Waals surface area (Å²) in [6.45, 7) is 13.4. The van der Waals surface area contributed by atoms with Gasteiger partial charge in [-0.2, -0.15) is 0 Å². The van der Waals surface area contributed by atoms with Crippen molar-refractivity contribution in [3.63, 3.8) is 0 Å². The number of hydrogen-bond acceptors (Lipinski definition) is 5. The Labute approximate surface area is 169 Å². The van der Waals surface area contributed by atoms with Crippen molar-refractivity contribution in [2.24, 2.45) is 0 Å². The van der Waals surface area contributed by atoms with Gasteiger partial charge in [-0.3, -0.25) is 14.6 Å². The SMILES string of the molecule is C=C(CN1CCC(N2CCN(C)CC2)CC1)C(=O)Nc1ccc(OC)c(C)c1. The van der Waals surface area contributed by atoms with Crippen LogP contribution in [0.4, 0.5) is 5.69 Å². The molecule has 0 unspecified atom stereocenters. The van der Waals surface area contributed by atoms with Gasteiger partial charge in [-0.1, -0.05) is 6.58 Å². The summed E-state index contributed by atoms with van der Waals surface area (Å²) in [4.78, 5) is 19.9. The van der Waals surface area contributed by atoms with Gasteiger partial charge in [0.15, 0.2) is 0 Å². The van der Waals surface area contributed by atoms with E-state index >= 15 is 0 Å². The minimum Gasteiger partial charge on any atom is -0.496 e. The first-order valence-electron chi connectivity index (χ1n) is 10.2. The van der Waals surface area contributed by atoms with E-state index in [1.807, 2.05) is 25.1 Å². The molecule has 1 aromatic rings. The molecule has 3 rings (SSSR count). The Bertz CT molecular complexity index is 690. The van der Waals surface area contributed by atoms with E-state index in [2.05, 4.69) is 33.6 Å². The summed E-state index contributed by atoms with van der Waals surface area (Å²) in [5.74, 6) is 0.714. The Hall–Kier alpha value is -1.89. The van der Waals surface area contributed by atoms with Gasteiger partial charge in [-0.05, 0) is 63.7 Å². The minimum atomic E-state index is -0.106. The summed E-state index contributed by atoms with van der Waals surface area (Å²) >= 11 is 0. The molecule has 28 heavy (non-hydrogen) atoms. The van der Waals surface area contributed by atoms with Crippen molar-refractivity contribution in [3.8, 4) is 5.75 Å². The summed E-state index contributed by atoms with van der Waals surface area (Å²) in [6.07, 6.45) is 2.35. The molecule has 0 bridgehead atoms. The summed E-state index contributed by atoms with van der Waals surface area (Å²) in [5.41, 5.74) is 2.39. The van der Waals surface area contributed by atoms with Crippen molar-refractivity contribution in [1.29, 1.82) is 0 Å². The molecule has 6 heteroatoms. The van der Waals surface area contributed by atoms with E-state index in [1.54, 1.807) is 7.11 Å². The molecule has 0 radical (unpaired) electrons. The van der Waals surface area contributed by atoms with Crippen LogP contribution in [0.5, 0.6) is 5.75 Å². The van der Waals surface area contributed by atoms with Gasteiger partial charge in [-0.15, -0.1) is 0 Å². The van der Waals surface area contributed by atoms with E-state index < -0.39 is 0 Å². The highest BCUT2D eigenvalue weighted by Gasteiger charge is 2.27. The van der Waals surface area contributed by atoms with Crippen LogP contribution in [0.15, 0.2) is 30.4 Å². The quantitative estimate of drug-likeness (QED) is 0.760. The van der Waals surface area contributed by atoms with Crippen molar-refractivity contribution in [3.05, 3.63) is 35.9 Å². The third-order valence-corrected chi connectivity index (χ3v) is 6.00. The molecule has 2 heterocycles. The van der Waals surface area contributed by atoms with Crippen LogP contribution < -0.4 is 10.1 Å². The van der Waals surface area contributed by atoms with Crippen molar-refractivity contribution in [2.75, 3.05) is 65.3 Å². The average Bonchev–Trinajstić information content (AvgIpc) is 2.69. The zero-order valence-electron chi connectivity index (χ0n) is 17.5. The molecule has 2 aliphatic rings. The molecule has 6 nitrogen and oxygen atoms in total. The monoisotopic (exact) mass is 386 g/mol. The lowest BCUT2D eigenvalue weighted by Crippen LogP contribution is -2.52. The van der Waals surface area contributed by atoms with Crippen LogP contribution >= 0.6 is 0 Å². The number of carbonyl (C=O) groups excluding carboxylic acids is 1. The van der Waals surface area contributed by atoms with Crippen molar-refractivity contribution < 1.29 is 9.53 Å². The fourth-order valence-corrected chi connectivity index (χ4v) is 4.15. The lowest BCUT2D eigenvalue weighted by atomic mass is 10.0. The number of piperidine rings is 1. The second-order valence-corrected chi connectivity index (χ2v) is 8.09. The molecule has 0 spiro atoms. The number of likely N-dealkylation sites (N-methyl/N-ethyl adjacent to an activating group) is 1. The van der Waals surface area contributed by atoms with Crippen LogP contribution in [-0.2, 0) is 4.79 Å². The summed E-state index contributed by atoms with van der Waals surface area (Å²) in [5, 5.41) is 2.95. The minimum absolute atomic E-state index is 0.106. The molecule has 1 aromatic carbocycles. The number of methoxy groups -OCH3 is 1. The first-order valence-corrected chi connectivity index (χ1v) is 10.2. The maximum atomic E-state index is 12.5. The van der Waals surface area contributed by atoms with Crippen LogP contribution in [-0.4, -0.2) is 86.6 Å². The fraction of sp³-hybridized carbons (Fsp3) is 0.591. The van der Waals surface area contributed by atoms with E-state index in [0.717, 1.165) is 30.1 Å². The maximum Gasteiger partial charge on any atom is 0.252 e. The molecular weight excluding hydrogens is 352 g/mol. The smallest absolute Gasteiger partial charge is 0.252 e. The van der Waals surface area contributed by atoms with Crippen LogP contribution in [0.3, 0.4) is 0 Å². The largest absolute Gasteiger partial charge is 0.496 e. The first-order chi connectivity index (χ1) is 13.5. The van der Waals surface area contributed by atoms with Gasteiger partial charge in [0.05, 0.1) is 7.11 Å². The normalized spacial score (nSPS) is 20.1. The van der Waals surface area contributed by atoms with Gasteiger partial charge in [0, 0.05) is 50.0 Å². The third kappa shape index (κ3) is 5.34. The van der Waals surface area contributed by atoms with Gasteiger partial charge in [0.2, 0.25) is 0 Å². The number of aryl methyl sites for hydroxylation is 1. The zero-order valence-corrected chi connectivity index (χ0v) is 17.5. The van der Waals surface area contributed by atoms with Crippen LogP contribution in [0.2, 0.25) is 0 Å². The number of amides is 1. The van der Waals surface area contributed by atoms with Gasteiger partial charge < -0.3 is 15.0 Å². The zero-order chi connectivity index (χ0) is 20.1. The number of rotatable bonds is 6. The predicted octanol–water partition coefficient (Wildman–Crippen LogP) is 2.21. The Balaban J connectivity index is 1.43. The molecule has 0 atom stereocenters. The first kappa shape index (κ1) is 20.8. The Morgan fingerprint density at radius 3 is 2.46 bits per heavy atom.